The van der Waals surface area contributed by atoms with Crippen LogP contribution in [0.25, 0.3) is 0 Å². The molecule has 1 fully saturated rings. The molecule has 3 rings (SSSR count). The van der Waals surface area contributed by atoms with Gasteiger partial charge in [0.2, 0.25) is 11.6 Å². The van der Waals surface area contributed by atoms with Crippen molar-refractivity contribution in [3.8, 4) is 0 Å². The lowest BCUT2D eigenvalue weighted by Gasteiger charge is -2.44. The molecule has 3 atom stereocenters. The summed E-state index contributed by atoms with van der Waals surface area (Å²) in [4.78, 5) is 26.3. The van der Waals surface area contributed by atoms with Crippen LogP contribution in [0.1, 0.15) is 105 Å². The second kappa shape index (κ2) is 9.70. The molecule has 0 spiro atoms. The Morgan fingerprint density at radius 3 is 2.17 bits per heavy atom. The summed E-state index contributed by atoms with van der Waals surface area (Å²) in [5.41, 5.74) is 0.254. The van der Waals surface area contributed by atoms with Crippen LogP contribution >= 0.6 is 0 Å². The van der Waals surface area contributed by atoms with Gasteiger partial charge in [0.15, 0.2) is 11.5 Å². The summed E-state index contributed by atoms with van der Waals surface area (Å²) in [7, 11) is 0. The van der Waals surface area contributed by atoms with Gasteiger partial charge in [-0.3, -0.25) is 9.59 Å². The number of allylic oxidation sites excluding steroid dienone is 2. The highest BCUT2D eigenvalue weighted by atomic mass is 16.5. The van der Waals surface area contributed by atoms with E-state index in [1.165, 1.54) is 38.5 Å². The van der Waals surface area contributed by atoms with Gasteiger partial charge in [-0.25, -0.2) is 0 Å². The molecule has 30 heavy (non-hydrogen) atoms. The van der Waals surface area contributed by atoms with E-state index in [1.54, 1.807) is 0 Å². The maximum absolute atomic E-state index is 13.2. The Morgan fingerprint density at radius 1 is 0.933 bits per heavy atom. The van der Waals surface area contributed by atoms with Crippen LogP contribution in [0, 0.1) is 17.8 Å². The Labute approximate surface area is 182 Å². The van der Waals surface area contributed by atoms with E-state index in [9.17, 15) is 14.7 Å². The van der Waals surface area contributed by atoms with Crippen LogP contribution in [-0.2, 0) is 14.3 Å². The molecule has 168 valence electrons. The molecular weight excluding hydrogens is 376 g/mol. The molecule has 0 saturated heterocycles. The zero-order chi connectivity index (χ0) is 21.9. The molecule has 0 aromatic rings. The number of rotatable bonds is 10. The molecule has 0 bridgehead atoms. The average molecular weight is 417 g/mol. The van der Waals surface area contributed by atoms with E-state index in [2.05, 4.69) is 13.8 Å². The van der Waals surface area contributed by atoms with Crippen molar-refractivity contribution in [2.45, 2.75) is 110 Å². The normalized spacial score (nSPS) is 27.9. The highest BCUT2D eigenvalue weighted by molar-refractivity contribution is 6.23. The maximum Gasteiger partial charge on any atom is 0.227 e. The Balaban J connectivity index is 1.61. The molecule has 1 saturated carbocycles. The van der Waals surface area contributed by atoms with Crippen LogP contribution < -0.4 is 0 Å². The standard InChI is InChI=1S/C26H40O4/c1-5-6-7-8-9-10-11-12-13-14-18-22(27)24(29)21-20-17(2)15-16-19(20)26(3,4)30-25(21)23(18)28/h17,19-20,27H,5-16H2,1-4H3. The minimum absolute atomic E-state index is 0.0107. The number of carbonyl (C=O) groups is 2. The minimum Gasteiger partial charge on any atom is -0.504 e. The number of carbonyl (C=O) groups excluding carboxylic acids is 2. The monoisotopic (exact) mass is 416 g/mol. The number of hydrogen-bond donors (Lipinski definition) is 1. The number of aliphatic hydroxyl groups excluding tert-OH is 1. The van der Waals surface area contributed by atoms with Crippen molar-refractivity contribution in [2.24, 2.45) is 17.8 Å². The van der Waals surface area contributed by atoms with Gasteiger partial charge in [-0.15, -0.1) is 0 Å². The largest absolute Gasteiger partial charge is 0.504 e. The van der Waals surface area contributed by atoms with Crippen molar-refractivity contribution in [2.75, 3.05) is 0 Å². The number of aliphatic hydroxyl groups is 1. The number of fused-ring (bicyclic) bond motifs is 2. The second-order valence-corrected chi connectivity index (χ2v) is 10.2. The Morgan fingerprint density at radius 2 is 1.53 bits per heavy atom. The fourth-order valence-electron chi connectivity index (χ4n) is 5.79. The predicted octanol–water partition coefficient (Wildman–Crippen LogP) is 6.60. The van der Waals surface area contributed by atoms with Gasteiger partial charge in [-0.05, 0) is 45.4 Å². The first-order chi connectivity index (χ1) is 14.3. The smallest absolute Gasteiger partial charge is 0.227 e. The summed E-state index contributed by atoms with van der Waals surface area (Å²) in [6, 6.07) is 0. The maximum atomic E-state index is 13.2. The van der Waals surface area contributed by atoms with E-state index in [0.717, 1.165) is 32.1 Å². The van der Waals surface area contributed by atoms with Crippen LogP contribution in [0.2, 0.25) is 0 Å². The van der Waals surface area contributed by atoms with Gasteiger partial charge in [-0.1, -0.05) is 65.2 Å². The topological polar surface area (TPSA) is 63.6 Å². The van der Waals surface area contributed by atoms with E-state index < -0.39 is 5.60 Å². The number of hydrogen-bond acceptors (Lipinski definition) is 4. The molecule has 3 unspecified atom stereocenters. The fourth-order valence-corrected chi connectivity index (χ4v) is 5.79. The van der Waals surface area contributed by atoms with Gasteiger partial charge in [-0.2, -0.15) is 0 Å². The summed E-state index contributed by atoms with van der Waals surface area (Å²) in [6.07, 6.45) is 13.2. The van der Waals surface area contributed by atoms with Gasteiger partial charge < -0.3 is 9.84 Å². The number of Topliss-reactive ketones (excluding diaryl/α,β-unsaturated/α-hetero) is 2. The number of ketones is 2. The lowest BCUT2D eigenvalue weighted by molar-refractivity contribution is -0.130. The highest BCUT2D eigenvalue weighted by Crippen LogP contribution is 2.54. The SMILES string of the molecule is CCCCCCCCCCCC1=C(O)C(=O)C2=C(OC(C)(C)C3CCC(C)C23)C1=O. The van der Waals surface area contributed by atoms with E-state index in [-0.39, 0.29) is 40.5 Å². The van der Waals surface area contributed by atoms with Gasteiger partial charge in [0.25, 0.3) is 0 Å². The predicted molar refractivity (Wildman–Crippen MR) is 119 cm³/mol. The Bertz CT molecular complexity index is 727. The first kappa shape index (κ1) is 23.1. The molecule has 2 aliphatic carbocycles. The molecule has 0 aromatic heterocycles. The Kier molecular flexibility index (Phi) is 7.47. The summed E-state index contributed by atoms with van der Waals surface area (Å²) in [5, 5.41) is 10.6. The fraction of sp³-hybridized carbons (Fsp3) is 0.769. The highest BCUT2D eigenvalue weighted by Gasteiger charge is 2.55. The van der Waals surface area contributed by atoms with Gasteiger partial charge in [0, 0.05) is 17.4 Å². The van der Waals surface area contributed by atoms with Crippen LogP contribution in [0.3, 0.4) is 0 Å². The average Bonchev–Trinajstić information content (AvgIpc) is 3.10. The van der Waals surface area contributed by atoms with Crippen LogP contribution in [-0.4, -0.2) is 22.3 Å². The molecule has 0 aromatic carbocycles. The van der Waals surface area contributed by atoms with Crippen molar-refractivity contribution in [3.05, 3.63) is 22.7 Å². The van der Waals surface area contributed by atoms with Crippen molar-refractivity contribution < 1.29 is 19.4 Å². The van der Waals surface area contributed by atoms with Gasteiger partial charge in [0.05, 0.1) is 5.57 Å². The van der Waals surface area contributed by atoms with Crippen molar-refractivity contribution in [3.63, 3.8) is 0 Å². The number of ether oxygens (including phenoxy) is 1. The van der Waals surface area contributed by atoms with Crippen LogP contribution in [0.4, 0.5) is 0 Å². The lowest BCUT2D eigenvalue weighted by atomic mass is 9.70. The Hall–Kier alpha value is -1.58. The molecule has 3 aliphatic rings. The van der Waals surface area contributed by atoms with Crippen molar-refractivity contribution >= 4 is 11.6 Å². The van der Waals surface area contributed by atoms with Crippen LogP contribution in [0.15, 0.2) is 22.7 Å². The first-order valence-electron chi connectivity index (χ1n) is 12.2. The molecule has 0 radical (unpaired) electrons. The molecule has 4 nitrogen and oxygen atoms in total. The third kappa shape index (κ3) is 4.53. The number of unbranched alkanes of at least 4 members (excludes halogenated alkanes) is 8. The third-order valence-electron chi connectivity index (χ3n) is 7.57. The van der Waals surface area contributed by atoms with E-state index in [4.69, 9.17) is 4.74 Å². The molecular formula is C26H40O4. The summed E-state index contributed by atoms with van der Waals surface area (Å²) < 4.78 is 6.16. The van der Waals surface area contributed by atoms with E-state index in [0.29, 0.717) is 17.9 Å². The summed E-state index contributed by atoms with van der Waals surface area (Å²) in [6.45, 7) is 8.44. The van der Waals surface area contributed by atoms with E-state index in [1.807, 2.05) is 13.8 Å². The quantitative estimate of drug-likeness (QED) is 0.322. The lowest BCUT2D eigenvalue weighted by Crippen LogP contribution is -2.47. The van der Waals surface area contributed by atoms with Crippen LogP contribution in [0.5, 0.6) is 0 Å². The molecule has 4 heteroatoms. The summed E-state index contributed by atoms with van der Waals surface area (Å²) in [5.74, 6) is -0.164. The van der Waals surface area contributed by atoms with Gasteiger partial charge >= 0.3 is 0 Å². The zero-order valence-electron chi connectivity index (χ0n) is 19.4. The third-order valence-corrected chi connectivity index (χ3v) is 7.57. The second-order valence-electron chi connectivity index (χ2n) is 10.2. The molecule has 1 heterocycles. The zero-order valence-corrected chi connectivity index (χ0v) is 19.4. The first-order valence-corrected chi connectivity index (χ1v) is 12.2. The minimum atomic E-state index is -0.458. The summed E-state index contributed by atoms with van der Waals surface area (Å²) >= 11 is 0. The van der Waals surface area contributed by atoms with Gasteiger partial charge in [0.1, 0.15) is 5.60 Å². The van der Waals surface area contributed by atoms with E-state index >= 15 is 0 Å². The van der Waals surface area contributed by atoms with Crippen molar-refractivity contribution in [1.82, 2.24) is 0 Å². The molecule has 0 amide bonds. The molecule has 1 N–H and O–H groups in total. The molecule has 1 aliphatic heterocycles. The van der Waals surface area contributed by atoms with Crippen molar-refractivity contribution in [1.29, 1.82) is 0 Å².